The van der Waals surface area contributed by atoms with E-state index >= 15 is 0 Å². The van der Waals surface area contributed by atoms with Gasteiger partial charge in [-0.2, -0.15) is 0 Å². The van der Waals surface area contributed by atoms with Crippen molar-refractivity contribution in [3.05, 3.63) is 56.8 Å². The minimum Gasteiger partial charge on any atom is -0.355 e. The summed E-state index contributed by atoms with van der Waals surface area (Å²) in [7, 11) is 1.60. The standard InChI is InChI=1S/C21H25N3O2S/c1-14-8-11-27-18(14)13-23-9-6-16(7-10-23)24-12-15-4-3-5-17(20(25)22-2)19(15)21(24)26/h3-5,8,11,16H,6-7,9-10,12-13H2,1-2H3,(H,22,25). The predicted molar refractivity (Wildman–Crippen MR) is 107 cm³/mol. The maximum Gasteiger partial charge on any atom is 0.255 e. The van der Waals surface area contributed by atoms with Gasteiger partial charge in [-0.15, -0.1) is 11.3 Å². The molecule has 0 spiro atoms. The van der Waals surface area contributed by atoms with Crippen molar-refractivity contribution < 1.29 is 9.59 Å². The Bertz CT molecular complexity index is 868. The highest BCUT2D eigenvalue weighted by molar-refractivity contribution is 7.10. The first kappa shape index (κ1) is 18.2. The van der Waals surface area contributed by atoms with E-state index < -0.39 is 0 Å². The smallest absolute Gasteiger partial charge is 0.255 e. The van der Waals surface area contributed by atoms with Crippen LogP contribution in [0.15, 0.2) is 29.6 Å². The lowest BCUT2D eigenvalue weighted by atomic mass is 10.0. The monoisotopic (exact) mass is 383 g/mol. The van der Waals surface area contributed by atoms with Gasteiger partial charge in [0, 0.05) is 44.1 Å². The van der Waals surface area contributed by atoms with Crippen LogP contribution in [0, 0.1) is 6.92 Å². The number of aryl methyl sites for hydroxylation is 1. The Balaban J connectivity index is 1.43. The van der Waals surface area contributed by atoms with Crippen LogP contribution in [0.4, 0.5) is 0 Å². The molecule has 2 amide bonds. The number of benzene rings is 1. The second kappa shape index (κ2) is 7.44. The number of carbonyl (C=O) groups is 2. The molecular weight excluding hydrogens is 358 g/mol. The molecule has 2 aliphatic rings. The van der Waals surface area contributed by atoms with E-state index in [0.29, 0.717) is 17.7 Å². The molecule has 1 aromatic heterocycles. The third-order valence-electron chi connectivity index (χ3n) is 5.77. The van der Waals surface area contributed by atoms with Crippen LogP contribution >= 0.6 is 11.3 Å². The molecule has 142 valence electrons. The molecule has 0 radical (unpaired) electrons. The fraction of sp³-hybridized carbons (Fsp3) is 0.429. The Kier molecular flexibility index (Phi) is 5.02. The summed E-state index contributed by atoms with van der Waals surface area (Å²) >= 11 is 1.82. The number of carbonyl (C=O) groups excluding carboxylic acids is 2. The lowest BCUT2D eigenvalue weighted by molar-refractivity contribution is 0.0589. The lowest BCUT2D eigenvalue weighted by Crippen LogP contribution is -2.44. The van der Waals surface area contributed by atoms with Gasteiger partial charge in [0.15, 0.2) is 0 Å². The fourth-order valence-electron chi connectivity index (χ4n) is 4.16. The summed E-state index contributed by atoms with van der Waals surface area (Å²) in [5, 5.41) is 4.80. The molecule has 6 heteroatoms. The van der Waals surface area contributed by atoms with E-state index in [0.717, 1.165) is 38.0 Å². The summed E-state index contributed by atoms with van der Waals surface area (Å²) in [5.74, 6) is -0.181. The zero-order chi connectivity index (χ0) is 19.0. The molecule has 1 fully saturated rings. The van der Waals surface area contributed by atoms with E-state index in [9.17, 15) is 9.59 Å². The molecule has 2 aliphatic heterocycles. The molecular formula is C21H25N3O2S. The highest BCUT2D eigenvalue weighted by Gasteiger charge is 2.36. The Morgan fingerprint density at radius 2 is 2.04 bits per heavy atom. The highest BCUT2D eigenvalue weighted by atomic mass is 32.1. The van der Waals surface area contributed by atoms with E-state index in [-0.39, 0.29) is 17.9 Å². The Labute approximate surface area is 164 Å². The summed E-state index contributed by atoms with van der Waals surface area (Å²) in [4.78, 5) is 31.1. The van der Waals surface area contributed by atoms with Gasteiger partial charge in [-0.1, -0.05) is 12.1 Å². The first-order valence-corrected chi connectivity index (χ1v) is 10.4. The molecule has 0 unspecified atom stereocenters. The van der Waals surface area contributed by atoms with Crippen molar-refractivity contribution in [2.24, 2.45) is 0 Å². The summed E-state index contributed by atoms with van der Waals surface area (Å²) < 4.78 is 0. The molecule has 27 heavy (non-hydrogen) atoms. The average Bonchev–Trinajstić information content (AvgIpc) is 3.25. The zero-order valence-corrected chi connectivity index (χ0v) is 16.6. The molecule has 0 atom stereocenters. The number of hydrogen-bond acceptors (Lipinski definition) is 4. The number of nitrogens with zero attached hydrogens (tertiary/aromatic N) is 2. The van der Waals surface area contributed by atoms with Crippen molar-refractivity contribution in [3.8, 4) is 0 Å². The van der Waals surface area contributed by atoms with Gasteiger partial charge in [0.1, 0.15) is 0 Å². The number of piperidine rings is 1. The van der Waals surface area contributed by atoms with E-state index in [1.165, 1.54) is 10.4 Å². The second-order valence-electron chi connectivity index (χ2n) is 7.39. The molecule has 0 aliphatic carbocycles. The van der Waals surface area contributed by atoms with Gasteiger partial charge >= 0.3 is 0 Å². The van der Waals surface area contributed by atoms with Crippen LogP contribution in [-0.2, 0) is 13.1 Å². The third kappa shape index (κ3) is 3.39. The molecule has 3 heterocycles. The maximum absolute atomic E-state index is 13.1. The normalized spacial score (nSPS) is 18.0. The van der Waals surface area contributed by atoms with Gasteiger partial charge in [-0.05, 0) is 48.4 Å². The molecule has 5 nitrogen and oxygen atoms in total. The van der Waals surface area contributed by atoms with Crippen LogP contribution in [0.25, 0.3) is 0 Å². The second-order valence-corrected chi connectivity index (χ2v) is 8.39. The number of rotatable bonds is 4. The molecule has 0 bridgehead atoms. The Morgan fingerprint density at radius 3 is 2.70 bits per heavy atom. The first-order chi connectivity index (χ1) is 13.1. The first-order valence-electron chi connectivity index (χ1n) is 9.48. The summed E-state index contributed by atoms with van der Waals surface area (Å²) in [6, 6.07) is 8.01. The van der Waals surface area contributed by atoms with Crippen molar-refractivity contribution in [3.63, 3.8) is 0 Å². The van der Waals surface area contributed by atoms with Gasteiger partial charge in [-0.25, -0.2) is 0 Å². The molecule has 2 aromatic rings. The van der Waals surface area contributed by atoms with E-state index in [2.05, 4.69) is 28.6 Å². The SMILES string of the molecule is CNC(=O)c1cccc2c1C(=O)N(C1CCN(Cc3sccc3C)CC1)C2. The van der Waals surface area contributed by atoms with Crippen LogP contribution in [0.2, 0.25) is 0 Å². The van der Waals surface area contributed by atoms with Crippen LogP contribution in [0.3, 0.4) is 0 Å². The van der Waals surface area contributed by atoms with E-state index in [1.807, 2.05) is 28.4 Å². The minimum atomic E-state index is -0.191. The number of hydrogen-bond donors (Lipinski definition) is 1. The number of likely N-dealkylation sites (tertiary alicyclic amines) is 1. The van der Waals surface area contributed by atoms with Gasteiger partial charge in [-0.3, -0.25) is 14.5 Å². The Morgan fingerprint density at radius 1 is 1.26 bits per heavy atom. The van der Waals surface area contributed by atoms with Crippen molar-refractivity contribution >= 4 is 23.2 Å². The van der Waals surface area contributed by atoms with E-state index in [1.54, 1.807) is 13.1 Å². The Hall–Kier alpha value is -2.18. The number of thiophene rings is 1. The topological polar surface area (TPSA) is 52.7 Å². The van der Waals surface area contributed by atoms with Crippen molar-refractivity contribution in [1.82, 2.24) is 15.1 Å². The third-order valence-corrected chi connectivity index (χ3v) is 6.78. The van der Waals surface area contributed by atoms with Crippen molar-refractivity contribution in [2.75, 3.05) is 20.1 Å². The minimum absolute atomic E-state index is 0.0109. The van der Waals surface area contributed by atoms with Crippen molar-refractivity contribution in [1.29, 1.82) is 0 Å². The van der Waals surface area contributed by atoms with Gasteiger partial charge in [0.05, 0.1) is 11.1 Å². The van der Waals surface area contributed by atoms with Crippen LogP contribution in [0.1, 0.15) is 49.6 Å². The summed E-state index contributed by atoms with van der Waals surface area (Å²) in [5.41, 5.74) is 3.42. The number of fused-ring (bicyclic) bond motifs is 1. The van der Waals surface area contributed by atoms with Crippen molar-refractivity contribution in [2.45, 2.75) is 38.9 Å². The fourth-order valence-corrected chi connectivity index (χ4v) is 5.11. The average molecular weight is 384 g/mol. The summed E-state index contributed by atoms with van der Waals surface area (Å²) in [6.45, 7) is 5.80. The summed E-state index contributed by atoms with van der Waals surface area (Å²) in [6.07, 6.45) is 1.97. The number of nitrogens with one attached hydrogen (secondary N) is 1. The van der Waals surface area contributed by atoms with Gasteiger partial charge in [0.2, 0.25) is 0 Å². The molecule has 1 N–H and O–H groups in total. The molecule has 4 rings (SSSR count). The predicted octanol–water partition coefficient (Wildman–Crippen LogP) is 3.04. The van der Waals surface area contributed by atoms with Crippen LogP contribution in [0.5, 0.6) is 0 Å². The number of amides is 2. The lowest BCUT2D eigenvalue weighted by Gasteiger charge is -2.36. The van der Waals surface area contributed by atoms with Gasteiger partial charge in [0.25, 0.3) is 11.8 Å². The van der Waals surface area contributed by atoms with E-state index in [4.69, 9.17) is 0 Å². The molecule has 0 saturated carbocycles. The zero-order valence-electron chi connectivity index (χ0n) is 15.8. The maximum atomic E-state index is 13.1. The molecule has 1 saturated heterocycles. The van der Waals surface area contributed by atoms with Crippen LogP contribution < -0.4 is 5.32 Å². The largest absolute Gasteiger partial charge is 0.355 e. The molecule has 1 aromatic carbocycles. The highest BCUT2D eigenvalue weighted by Crippen LogP contribution is 2.31. The quantitative estimate of drug-likeness (QED) is 0.883. The van der Waals surface area contributed by atoms with Crippen LogP contribution in [-0.4, -0.2) is 47.8 Å². The van der Waals surface area contributed by atoms with Gasteiger partial charge < -0.3 is 10.2 Å².